The van der Waals surface area contributed by atoms with Crippen LogP contribution in [0.15, 0.2) is 29.3 Å². The van der Waals surface area contributed by atoms with Crippen LogP contribution in [-0.2, 0) is 6.42 Å². The molecule has 2 aliphatic carbocycles. The molecule has 152 valence electrons. The molecule has 4 nitrogen and oxygen atoms in total. The summed E-state index contributed by atoms with van der Waals surface area (Å²) in [4.78, 5) is 10.1. The third kappa shape index (κ3) is 3.40. The van der Waals surface area contributed by atoms with Crippen LogP contribution in [0.25, 0.3) is 0 Å². The minimum Gasteiger partial charge on any atom is -0.494 e. The minimum absolute atomic E-state index is 0.554. The summed E-state index contributed by atoms with van der Waals surface area (Å²) in [6, 6.07) is 9.84. The fraction of sp³-hybridized carbons (Fsp3) is 0.708. The van der Waals surface area contributed by atoms with E-state index in [9.17, 15) is 0 Å². The number of rotatable bonds is 7. The fourth-order valence-electron chi connectivity index (χ4n) is 6.26. The second-order valence-corrected chi connectivity index (χ2v) is 9.49. The maximum Gasteiger partial charge on any atom is 0.197 e. The zero-order valence-electron chi connectivity index (χ0n) is 17.5. The van der Waals surface area contributed by atoms with Gasteiger partial charge in [-0.1, -0.05) is 18.6 Å². The number of ether oxygens (including phenoxy) is 1. The number of hydrogen-bond donors (Lipinski definition) is 0. The van der Waals surface area contributed by atoms with Crippen molar-refractivity contribution in [1.29, 1.82) is 0 Å². The Morgan fingerprint density at radius 2 is 2.00 bits per heavy atom. The quantitative estimate of drug-likeness (QED) is 0.709. The average molecular weight is 382 g/mol. The Hall–Kier alpha value is -1.71. The molecule has 1 saturated heterocycles. The molecule has 28 heavy (non-hydrogen) atoms. The molecule has 4 aliphatic rings. The molecule has 0 spiro atoms. The topological polar surface area (TPSA) is 28.1 Å². The van der Waals surface area contributed by atoms with Crippen LogP contribution in [-0.4, -0.2) is 54.1 Å². The summed E-state index contributed by atoms with van der Waals surface area (Å²) >= 11 is 0. The van der Waals surface area contributed by atoms with E-state index in [0.29, 0.717) is 12.1 Å². The first kappa shape index (κ1) is 18.3. The Morgan fingerprint density at radius 3 is 2.71 bits per heavy atom. The molecule has 0 N–H and O–H groups in total. The van der Waals surface area contributed by atoms with Crippen molar-refractivity contribution in [2.45, 2.75) is 64.5 Å². The summed E-state index contributed by atoms with van der Waals surface area (Å²) in [6.45, 7) is 8.38. The smallest absolute Gasteiger partial charge is 0.197 e. The molecule has 2 heterocycles. The van der Waals surface area contributed by atoms with E-state index in [2.05, 4.69) is 41.0 Å². The van der Waals surface area contributed by atoms with Gasteiger partial charge in [0.05, 0.1) is 19.2 Å². The highest BCUT2D eigenvalue weighted by molar-refractivity contribution is 5.84. The Bertz CT molecular complexity index is 715. The predicted molar refractivity (Wildman–Crippen MR) is 114 cm³/mol. The van der Waals surface area contributed by atoms with Crippen LogP contribution in [0, 0.1) is 17.8 Å². The lowest BCUT2D eigenvalue weighted by Crippen LogP contribution is -2.38. The van der Waals surface area contributed by atoms with Crippen LogP contribution in [0.5, 0.6) is 5.75 Å². The van der Waals surface area contributed by atoms with Gasteiger partial charge in [0, 0.05) is 19.1 Å². The molecule has 0 aromatic heterocycles. The van der Waals surface area contributed by atoms with Gasteiger partial charge in [0.1, 0.15) is 5.75 Å². The second kappa shape index (κ2) is 7.61. The van der Waals surface area contributed by atoms with Crippen molar-refractivity contribution in [1.82, 2.24) is 9.80 Å². The maximum atomic E-state index is 5.61. The Kier molecular flexibility index (Phi) is 4.98. The second-order valence-electron chi connectivity index (χ2n) is 9.49. The summed E-state index contributed by atoms with van der Waals surface area (Å²) in [5, 5.41) is 0. The first-order valence-corrected chi connectivity index (χ1v) is 11.5. The van der Waals surface area contributed by atoms with Gasteiger partial charge in [0.2, 0.25) is 0 Å². The van der Waals surface area contributed by atoms with Crippen molar-refractivity contribution in [3.05, 3.63) is 29.8 Å². The van der Waals surface area contributed by atoms with Gasteiger partial charge in [0.25, 0.3) is 0 Å². The highest BCUT2D eigenvalue weighted by Crippen LogP contribution is 2.49. The van der Waals surface area contributed by atoms with E-state index in [0.717, 1.165) is 49.6 Å². The van der Waals surface area contributed by atoms with Crippen molar-refractivity contribution in [3.63, 3.8) is 0 Å². The van der Waals surface area contributed by atoms with Gasteiger partial charge in [-0.3, -0.25) is 4.99 Å². The van der Waals surface area contributed by atoms with E-state index < -0.39 is 0 Å². The summed E-state index contributed by atoms with van der Waals surface area (Å²) in [5.41, 5.74) is 1.41. The first-order valence-electron chi connectivity index (χ1n) is 11.5. The van der Waals surface area contributed by atoms with Crippen molar-refractivity contribution >= 4 is 5.96 Å². The van der Waals surface area contributed by atoms with Gasteiger partial charge >= 0.3 is 0 Å². The standard InChI is InChI=1S/C24H35N3O/c1-3-28-23-8-5-18(6-9-23)14-22-16-27-17(2)15-25-24(27)26(22)11-10-21-13-19-4-7-20(21)12-19/h5-6,8-9,17,19-22H,3-4,7,10-16H2,1-2H3/t17-,19?,20?,21?,22+/m0/s1. The zero-order chi connectivity index (χ0) is 19.1. The molecule has 3 fully saturated rings. The SMILES string of the molecule is CCOc1ccc(C[C@@H]2CN3C(=NC[C@@H]3C)N2CCC2CC3CCC2C3)cc1. The largest absolute Gasteiger partial charge is 0.494 e. The molecule has 0 amide bonds. The predicted octanol–water partition coefficient (Wildman–Crippen LogP) is 4.20. The van der Waals surface area contributed by atoms with Gasteiger partial charge in [-0.15, -0.1) is 0 Å². The third-order valence-electron chi connectivity index (χ3n) is 7.72. The fourth-order valence-corrected chi connectivity index (χ4v) is 6.26. The van der Waals surface area contributed by atoms with Crippen LogP contribution in [0.3, 0.4) is 0 Å². The molecule has 1 aromatic carbocycles. The third-order valence-corrected chi connectivity index (χ3v) is 7.72. The lowest BCUT2D eigenvalue weighted by Gasteiger charge is -2.29. The summed E-state index contributed by atoms with van der Waals surface area (Å²) in [6.07, 6.45) is 8.48. The van der Waals surface area contributed by atoms with Crippen LogP contribution >= 0.6 is 0 Å². The molecule has 5 atom stereocenters. The highest BCUT2D eigenvalue weighted by Gasteiger charge is 2.43. The number of aliphatic imine (C=N–C) groups is 1. The minimum atomic E-state index is 0.554. The average Bonchev–Trinajstić information content (AvgIpc) is 3.46. The van der Waals surface area contributed by atoms with Gasteiger partial charge in [-0.05, 0) is 81.4 Å². The molecule has 2 aliphatic heterocycles. The molecular weight excluding hydrogens is 346 g/mol. The van der Waals surface area contributed by atoms with E-state index in [1.807, 2.05) is 6.92 Å². The molecule has 5 rings (SSSR count). The maximum absolute atomic E-state index is 5.61. The molecule has 2 bridgehead atoms. The Labute approximate surface area is 170 Å². The zero-order valence-corrected chi connectivity index (χ0v) is 17.5. The monoisotopic (exact) mass is 381 g/mol. The van der Waals surface area contributed by atoms with Crippen molar-refractivity contribution in [3.8, 4) is 5.75 Å². The summed E-state index contributed by atoms with van der Waals surface area (Å²) < 4.78 is 5.61. The Morgan fingerprint density at radius 1 is 1.14 bits per heavy atom. The van der Waals surface area contributed by atoms with E-state index >= 15 is 0 Å². The van der Waals surface area contributed by atoms with Crippen LogP contribution in [0.2, 0.25) is 0 Å². The number of hydrogen-bond acceptors (Lipinski definition) is 4. The summed E-state index contributed by atoms with van der Waals surface area (Å²) in [5.74, 6) is 5.31. The number of guanidine groups is 1. The number of fused-ring (bicyclic) bond motifs is 3. The lowest BCUT2D eigenvalue weighted by atomic mass is 9.86. The number of benzene rings is 1. The van der Waals surface area contributed by atoms with Crippen molar-refractivity contribution in [2.75, 3.05) is 26.2 Å². The molecular formula is C24H35N3O. The number of nitrogens with zero attached hydrogens (tertiary/aromatic N) is 3. The van der Waals surface area contributed by atoms with Crippen molar-refractivity contribution in [2.24, 2.45) is 22.7 Å². The van der Waals surface area contributed by atoms with Crippen molar-refractivity contribution < 1.29 is 4.74 Å². The molecule has 4 heteroatoms. The molecule has 3 unspecified atom stereocenters. The first-order chi connectivity index (χ1) is 13.7. The highest BCUT2D eigenvalue weighted by atomic mass is 16.5. The lowest BCUT2D eigenvalue weighted by molar-refractivity contribution is 0.258. The Balaban J connectivity index is 1.26. The van der Waals surface area contributed by atoms with E-state index in [-0.39, 0.29) is 0 Å². The molecule has 1 aromatic rings. The van der Waals surface area contributed by atoms with Gasteiger partial charge < -0.3 is 14.5 Å². The van der Waals surface area contributed by atoms with Gasteiger partial charge in [-0.25, -0.2) is 0 Å². The molecule has 2 saturated carbocycles. The van der Waals surface area contributed by atoms with Crippen LogP contribution < -0.4 is 4.74 Å². The van der Waals surface area contributed by atoms with E-state index in [1.165, 1.54) is 50.2 Å². The van der Waals surface area contributed by atoms with E-state index in [1.54, 1.807) is 0 Å². The van der Waals surface area contributed by atoms with Gasteiger partial charge in [-0.2, -0.15) is 0 Å². The normalized spacial score (nSPS) is 33.5. The van der Waals surface area contributed by atoms with E-state index in [4.69, 9.17) is 9.73 Å². The molecule has 0 radical (unpaired) electrons. The summed E-state index contributed by atoms with van der Waals surface area (Å²) in [7, 11) is 0. The van der Waals surface area contributed by atoms with Gasteiger partial charge in [0.15, 0.2) is 5.96 Å². The van der Waals surface area contributed by atoms with Crippen LogP contribution in [0.1, 0.15) is 51.5 Å². The van der Waals surface area contributed by atoms with Crippen LogP contribution in [0.4, 0.5) is 0 Å².